The molecule has 0 heterocycles. The molecule has 1 aromatic rings. The van der Waals surface area contributed by atoms with Crippen LogP contribution in [-0.4, -0.2) is 68.5 Å². The molecule has 0 aliphatic heterocycles. The van der Waals surface area contributed by atoms with Crippen molar-refractivity contribution in [3.05, 3.63) is 29.8 Å². The highest BCUT2D eigenvalue weighted by Gasteiger charge is 2.30. The third kappa shape index (κ3) is 21.0. The number of hydrogen-bond donors (Lipinski definition) is 6. The molecule has 0 saturated heterocycles. The smallest absolute Gasteiger partial charge is 0.312 e. The van der Waals surface area contributed by atoms with Gasteiger partial charge in [-0.15, -0.1) is 0 Å². The van der Waals surface area contributed by atoms with Crippen LogP contribution in [0.4, 0.5) is 15.3 Å². The molecule has 2 atom stereocenters. The van der Waals surface area contributed by atoms with Crippen molar-refractivity contribution < 1.29 is 33.5 Å². The van der Waals surface area contributed by atoms with Gasteiger partial charge < -0.3 is 37.1 Å². The number of anilines is 1. The van der Waals surface area contributed by atoms with E-state index in [4.69, 9.17) is 10.5 Å². The number of unbranched alkanes of at least 4 members (excludes halogenated alkanes) is 2. The summed E-state index contributed by atoms with van der Waals surface area (Å²) in [6, 6.07) is 4.20. The lowest BCUT2D eigenvalue weighted by Gasteiger charge is -2.30. The van der Waals surface area contributed by atoms with Gasteiger partial charge in [0.25, 0.3) is 0 Å². The fourth-order valence-electron chi connectivity index (χ4n) is 5.61. The van der Waals surface area contributed by atoms with Gasteiger partial charge in [-0.3, -0.25) is 24.0 Å². The second kappa shape index (κ2) is 22.0. The largest absolute Gasteiger partial charge is 0.469 e. The Morgan fingerprint density at radius 3 is 1.88 bits per heavy atom. The van der Waals surface area contributed by atoms with Crippen LogP contribution in [0.15, 0.2) is 24.3 Å². The zero-order valence-electron chi connectivity index (χ0n) is 32.3. The molecule has 51 heavy (non-hydrogen) atoms. The van der Waals surface area contributed by atoms with Gasteiger partial charge in [-0.2, -0.15) is 0 Å². The molecule has 0 fully saturated rings. The van der Waals surface area contributed by atoms with Gasteiger partial charge in [0.15, 0.2) is 0 Å². The van der Waals surface area contributed by atoms with Gasteiger partial charge in [-0.05, 0) is 73.0 Å². The van der Waals surface area contributed by atoms with Crippen LogP contribution in [0.25, 0.3) is 0 Å². The van der Waals surface area contributed by atoms with Gasteiger partial charge in [0, 0.05) is 31.1 Å². The zero-order valence-corrected chi connectivity index (χ0v) is 32.3. The van der Waals surface area contributed by atoms with Crippen molar-refractivity contribution in [3.63, 3.8) is 0 Å². The van der Waals surface area contributed by atoms with E-state index in [1.54, 1.807) is 24.3 Å². The molecule has 0 spiro atoms. The van der Waals surface area contributed by atoms with E-state index >= 15 is 0 Å². The van der Waals surface area contributed by atoms with E-state index in [1.807, 2.05) is 13.8 Å². The number of urea groups is 1. The maximum Gasteiger partial charge on any atom is 0.312 e. The number of hydrogen-bond acceptors (Lipinski definition) is 7. The summed E-state index contributed by atoms with van der Waals surface area (Å²) in [4.78, 5) is 74.8. The van der Waals surface area contributed by atoms with E-state index in [-0.39, 0.29) is 60.5 Å². The van der Waals surface area contributed by atoms with Gasteiger partial charge in [-0.1, -0.05) is 73.9 Å². The van der Waals surface area contributed by atoms with Gasteiger partial charge in [0.05, 0.1) is 0 Å². The highest BCUT2D eigenvalue weighted by Crippen LogP contribution is 2.33. The maximum atomic E-state index is 13.4. The summed E-state index contributed by atoms with van der Waals surface area (Å²) >= 11 is 0. The summed E-state index contributed by atoms with van der Waals surface area (Å²) in [5.74, 6) is -1.89. The Labute approximate surface area is 305 Å². The summed E-state index contributed by atoms with van der Waals surface area (Å²) in [7, 11) is 1.32. The van der Waals surface area contributed by atoms with Crippen molar-refractivity contribution in [2.24, 2.45) is 28.4 Å². The molecule has 0 radical (unpaired) electrons. The number of rotatable bonds is 21. The molecular weight excluding hydrogens is 651 g/mol. The molecule has 13 nitrogen and oxygen atoms in total. The molecule has 0 aliphatic carbocycles. The number of primary amides is 1. The Morgan fingerprint density at radius 1 is 0.765 bits per heavy atom. The Balaban J connectivity index is 2.73. The summed E-state index contributed by atoms with van der Waals surface area (Å²) in [6.45, 7) is 17.4. The fraction of sp³-hybridized carbons (Fsp3) is 0.676. The number of carbonyl (C=O) groups is 6. The normalized spacial score (nSPS) is 12.8. The fourth-order valence-corrected chi connectivity index (χ4v) is 5.61. The predicted octanol–water partition coefficient (Wildman–Crippen LogP) is 4.13. The highest BCUT2D eigenvalue weighted by atomic mass is 16.5. The second-order valence-electron chi connectivity index (χ2n) is 16.1. The highest BCUT2D eigenvalue weighted by molar-refractivity contribution is 6.55. The number of ether oxygens (including phenoxy) is 1. The minimum Gasteiger partial charge on any atom is -0.469 e. The van der Waals surface area contributed by atoms with E-state index in [0.29, 0.717) is 25.1 Å². The monoisotopic (exact) mass is 714 g/mol. The minimum atomic E-state index is -0.965. The SMILES string of the molecule is BC(=O)OCc1ccc(NC(=O)[C@H](CCCNC(N)=O)NC(=O)[C@@H](NC(=O)CCCCCNC(=O)C(CC(C)(C)C)CC(C)(C)C)C(C)C)cc1. The van der Waals surface area contributed by atoms with Gasteiger partial charge in [0.1, 0.15) is 18.7 Å². The van der Waals surface area contributed by atoms with Gasteiger partial charge in [-0.25, -0.2) is 4.79 Å². The van der Waals surface area contributed by atoms with Crippen LogP contribution in [0.5, 0.6) is 0 Å². The molecule has 0 aliphatic rings. The number of benzene rings is 1. The van der Waals surface area contributed by atoms with E-state index in [2.05, 4.69) is 68.1 Å². The van der Waals surface area contributed by atoms with Crippen molar-refractivity contribution in [2.75, 3.05) is 18.4 Å². The van der Waals surface area contributed by atoms with E-state index in [0.717, 1.165) is 31.2 Å². The van der Waals surface area contributed by atoms with Crippen molar-refractivity contribution in [1.82, 2.24) is 21.3 Å². The first-order valence-corrected chi connectivity index (χ1v) is 18.1. The van der Waals surface area contributed by atoms with Crippen molar-refractivity contribution >= 4 is 49.1 Å². The molecule has 0 saturated carbocycles. The van der Waals surface area contributed by atoms with Crippen LogP contribution in [-0.2, 0) is 30.5 Å². The summed E-state index contributed by atoms with van der Waals surface area (Å²) in [6.07, 6.45) is 4.47. The number of nitrogens with one attached hydrogen (secondary N) is 5. The first-order chi connectivity index (χ1) is 23.7. The molecule has 0 unspecified atom stereocenters. The first-order valence-electron chi connectivity index (χ1n) is 18.1. The molecule has 1 rings (SSSR count). The number of carbonyl (C=O) groups excluding carboxylic acids is 6. The zero-order chi connectivity index (χ0) is 38.8. The lowest BCUT2D eigenvalue weighted by Crippen LogP contribution is -2.54. The predicted molar refractivity (Wildman–Crippen MR) is 202 cm³/mol. The molecule has 6 amide bonds. The van der Waals surface area contributed by atoms with E-state index in [9.17, 15) is 28.8 Å². The first kappa shape index (κ1) is 44.9. The maximum absolute atomic E-state index is 13.4. The van der Waals surface area contributed by atoms with Crippen molar-refractivity contribution in [3.8, 4) is 0 Å². The van der Waals surface area contributed by atoms with Crippen molar-refractivity contribution in [2.45, 2.75) is 125 Å². The Morgan fingerprint density at radius 2 is 1.35 bits per heavy atom. The lowest BCUT2D eigenvalue weighted by molar-refractivity contribution is -0.132. The third-order valence-electron chi connectivity index (χ3n) is 8.00. The van der Waals surface area contributed by atoms with Crippen LogP contribution >= 0.6 is 0 Å². The number of nitrogens with two attached hydrogens (primary N) is 1. The van der Waals surface area contributed by atoms with Crippen LogP contribution in [0.2, 0.25) is 0 Å². The third-order valence-corrected chi connectivity index (χ3v) is 8.00. The lowest BCUT2D eigenvalue weighted by atomic mass is 9.76. The quantitative estimate of drug-likeness (QED) is 0.0813. The van der Waals surface area contributed by atoms with Crippen LogP contribution in [0.1, 0.15) is 112 Å². The molecule has 0 bridgehead atoms. The average Bonchev–Trinajstić information content (AvgIpc) is 3.00. The molecule has 0 aromatic heterocycles. The van der Waals surface area contributed by atoms with E-state index < -0.39 is 35.8 Å². The average molecular weight is 715 g/mol. The second-order valence-corrected chi connectivity index (χ2v) is 16.1. The van der Waals surface area contributed by atoms with Crippen LogP contribution < -0.4 is 32.3 Å². The van der Waals surface area contributed by atoms with E-state index in [1.165, 1.54) is 7.85 Å². The van der Waals surface area contributed by atoms with Gasteiger partial charge >= 0.3 is 6.03 Å². The molecule has 7 N–H and O–H groups in total. The summed E-state index contributed by atoms with van der Waals surface area (Å²) in [5.41, 5.74) is 6.46. The minimum absolute atomic E-state index is 0.0460. The number of amides is 6. The molecule has 286 valence electrons. The van der Waals surface area contributed by atoms with Crippen molar-refractivity contribution in [1.29, 1.82) is 0 Å². The standard InChI is InChI=1S/C37H63BN6O7/c1-24(2)30(44-29(45)14-10-9-11-19-40-31(46)26(21-36(3,4)5)22-37(6,7)8)33(48)43-28(13-12-20-41-35(39)50)32(47)42-27-17-15-25(16-18-27)23-51-34(38)49/h15-18,24,26,28,30H,9-14,19-23,38H2,1-8H3,(H,40,46)(H,42,47)(H,43,48)(H,44,45)(H3,39,41,50)/t28-,30-/m0/s1. The topological polar surface area (TPSA) is 198 Å². The molecule has 1 aromatic carbocycles. The summed E-state index contributed by atoms with van der Waals surface area (Å²) < 4.78 is 4.99. The Kier molecular flexibility index (Phi) is 19.4. The van der Waals surface area contributed by atoms with Crippen LogP contribution in [0, 0.1) is 22.7 Å². The van der Waals surface area contributed by atoms with Crippen LogP contribution in [0.3, 0.4) is 0 Å². The summed E-state index contributed by atoms with van der Waals surface area (Å²) in [5, 5.41) is 14.0. The Hall–Kier alpha value is -4.10. The molecular formula is C37H63BN6O7. The molecule has 14 heteroatoms. The van der Waals surface area contributed by atoms with Gasteiger partial charge in [0.2, 0.25) is 37.3 Å². The Bertz CT molecular complexity index is 1280.